The molecule has 2 aliphatic rings. The Morgan fingerprint density at radius 2 is 1.57 bits per heavy atom. The minimum atomic E-state index is -3.52. The van der Waals surface area contributed by atoms with E-state index < -0.39 is 10.0 Å². The van der Waals surface area contributed by atoms with E-state index in [1.54, 1.807) is 0 Å². The van der Waals surface area contributed by atoms with E-state index in [1.807, 2.05) is 32.9 Å². The molecular formula is C22H37N2O2PS. The maximum atomic E-state index is 13.2. The Labute approximate surface area is 173 Å². The van der Waals surface area contributed by atoms with Crippen LogP contribution in [0.1, 0.15) is 68.6 Å². The van der Waals surface area contributed by atoms with Crippen LogP contribution in [0.15, 0.2) is 17.0 Å². The summed E-state index contributed by atoms with van der Waals surface area (Å²) >= 11 is 0. The largest absolute Gasteiger partial charge is 0.310 e. The van der Waals surface area contributed by atoms with Gasteiger partial charge in [0.15, 0.2) is 0 Å². The summed E-state index contributed by atoms with van der Waals surface area (Å²) in [5.41, 5.74) is 3.65. The van der Waals surface area contributed by atoms with Crippen molar-refractivity contribution in [3.05, 3.63) is 28.8 Å². The van der Waals surface area contributed by atoms with Crippen LogP contribution in [0.2, 0.25) is 0 Å². The lowest BCUT2D eigenvalue weighted by Crippen LogP contribution is -2.55. The first kappa shape index (κ1) is 22.2. The number of hydrogen-bond donors (Lipinski definition) is 2. The number of hydrogen-bond acceptors (Lipinski definition) is 3. The van der Waals surface area contributed by atoms with Gasteiger partial charge in [-0.2, -0.15) is 0 Å². The topological polar surface area (TPSA) is 58.2 Å². The third-order valence-electron chi connectivity index (χ3n) is 6.90. The molecule has 6 atom stereocenters. The molecule has 0 aromatic heterocycles. The molecule has 3 rings (SSSR count). The second-order valence-electron chi connectivity index (χ2n) is 9.03. The van der Waals surface area contributed by atoms with E-state index in [0.717, 1.165) is 36.0 Å². The smallest absolute Gasteiger partial charge is 0.241 e. The first-order valence-corrected chi connectivity index (χ1v) is 13.0. The summed E-state index contributed by atoms with van der Waals surface area (Å²) in [7, 11) is -0.507. The van der Waals surface area contributed by atoms with Gasteiger partial charge in [-0.3, -0.25) is 0 Å². The van der Waals surface area contributed by atoms with Crippen molar-refractivity contribution >= 4 is 19.3 Å². The molecule has 0 saturated heterocycles. The lowest BCUT2D eigenvalue weighted by Gasteiger charge is -2.37. The van der Waals surface area contributed by atoms with Crippen molar-refractivity contribution in [1.82, 2.24) is 10.0 Å². The first-order chi connectivity index (χ1) is 13.2. The van der Waals surface area contributed by atoms with Crippen LogP contribution in [-0.4, -0.2) is 32.2 Å². The van der Waals surface area contributed by atoms with Gasteiger partial charge in [0.05, 0.1) is 4.90 Å². The Balaban J connectivity index is 1.74. The summed E-state index contributed by atoms with van der Waals surface area (Å²) < 4.78 is 29.4. The molecule has 1 aromatic carbocycles. The van der Waals surface area contributed by atoms with E-state index in [1.165, 1.54) is 25.7 Å². The maximum absolute atomic E-state index is 13.2. The maximum Gasteiger partial charge on any atom is 0.241 e. The molecule has 28 heavy (non-hydrogen) atoms. The molecule has 3 unspecified atom stereocenters. The van der Waals surface area contributed by atoms with Crippen LogP contribution in [0, 0.1) is 26.7 Å². The summed E-state index contributed by atoms with van der Waals surface area (Å²) in [6, 6.07) is 4.39. The van der Waals surface area contributed by atoms with E-state index in [4.69, 9.17) is 0 Å². The van der Waals surface area contributed by atoms with Crippen molar-refractivity contribution in [3.63, 3.8) is 0 Å². The van der Waals surface area contributed by atoms with Crippen LogP contribution in [0.4, 0.5) is 0 Å². The van der Waals surface area contributed by atoms with Gasteiger partial charge >= 0.3 is 0 Å². The molecular weight excluding hydrogens is 387 g/mol. The fraction of sp³-hybridized carbons (Fsp3) is 0.727. The number of nitrogens with one attached hydrogen (secondary N) is 2. The standard InChI is InChI=1S/C22H37N2O2PS/c1-14-12-16(3)22(13-15(14)2)28(25,26)24-20-10-6-5-9-19(20)23-17(4)18-8-7-11-21(18)27/h12-13,17-21,23-24H,5-11,27H2,1-4H3/t17-,18?,19-,20-,21?/m1/s1. The van der Waals surface area contributed by atoms with Crippen LogP contribution >= 0.6 is 9.24 Å². The van der Waals surface area contributed by atoms with Gasteiger partial charge in [-0.25, -0.2) is 13.1 Å². The summed E-state index contributed by atoms with van der Waals surface area (Å²) in [6.45, 7) is 8.16. The molecule has 0 amide bonds. The predicted molar refractivity (Wildman–Crippen MR) is 120 cm³/mol. The van der Waals surface area contributed by atoms with Crippen molar-refractivity contribution in [2.75, 3.05) is 0 Å². The zero-order chi connectivity index (χ0) is 20.5. The minimum absolute atomic E-state index is 0.0356. The Morgan fingerprint density at radius 3 is 2.21 bits per heavy atom. The molecule has 2 fully saturated rings. The molecule has 158 valence electrons. The van der Waals surface area contributed by atoms with E-state index in [9.17, 15) is 8.42 Å². The zero-order valence-corrected chi connectivity index (χ0v) is 19.8. The van der Waals surface area contributed by atoms with Crippen molar-refractivity contribution in [1.29, 1.82) is 0 Å². The van der Waals surface area contributed by atoms with E-state index in [0.29, 0.717) is 22.5 Å². The Kier molecular flexibility index (Phi) is 7.23. The third-order valence-corrected chi connectivity index (χ3v) is 9.36. The van der Waals surface area contributed by atoms with Gasteiger partial charge in [0.2, 0.25) is 10.0 Å². The van der Waals surface area contributed by atoms with Gasteiger partial charge in [-0.15, -0.1) is 9.24 Å². The Hall–Kier alpha value is -0.480. The molecule has 2 aliphatic carbocycles. The van der Waals surface area contributed by atoms with Crippen LogP contribution < -0.4 is 10.0 Å². The SMILES string of the molecule is Cc1cc(C)c(S(=O)(=O)N[C@@H]2CCCC[C@H]2N[C@H](C)C2CCCC2P)cc1C. The third kappa shape index (κ3) is 4.98. The molecule has 6 heteroatoms. The van der Waals surface area contributed by atoms with Gasteiger partial charge < -0.3 is 5.32 Å². The van der Waals surface area contributed by atoms with Crippen molar-refractivity contribution < 1.29 is 8.42 Å². The van der Waals surface area contributed by atoms with Crippen LogP contribution in [0.5, 0.6) is 0 Å². The predicted octanol–water partition coefficient (Wildman–Crippen LogP) is 4.22. The molecule has 0 aliphatic heterocycles. The monoisotopic (exact) mass is 424 g/mol. The molecule has 2 saturated carbocycles. The molecule has 1 aromatic rings. The van der Waals surface area contributed by atoms with E-state index >= 15 is 0 Å². The van der Waals surface area contributed by atoms with Gasteiger partial charge in [-0.1, -0.05) is 25.3 Å². The molecule has 0 bridgehead atoms. The van der Waals surface area contributed by atoms with Crippen molar-refractivity contribution in [3.8, 4) is 0 Å². The van der Waals surface area contributed by atoms with Gasteiger partial charge in [0.1, 0.15) is 0 Å². The molecule has 0 spiro atoms. The summed E-state index contributed by atoms with van der Waals surface area (Å²) in [6.07, 6.45) is 8.06. The van der Waals surface area contributed by atoms with Gasteiger partial charge in [0.25, 0.3) is 0 Å². The quantitative estimate of drug-likeness (QED) is 0.672. The molecule has 0 radical (unpaired) electrons. The average molecular weight is 425 g/mol. The normalized spacial score (nSPS) is 29.8. The van der Waals surface area contributed by atoms with Crippen LogP contribution in [0.3, 0.4) is 0 Å². The Bertz CT molecular complexity index is 796. The van der Waals surface area contributed by atoms with Crippen LogP contribution in [0.25, 0.3) is 0 Å². The zero-order valence-electron chi connectivity index (χ0n) is 17.8. The number of aryl methyl sites for hydroxylation is 3. The van der Waals surface area contributed by atoms with Gasteiger partial charge in [0, 0.05) is 18.1 Å². The second-order valence-corrected chi connectivity index (χ2v) is 11.6. The second kappa shape index (κ2) is 9.12. The van der Waals surface area contributed by atoms with Gasteiger partial charge in [-0.05, 0) is 87.7 Å². The molecule has 0 heterocycles. The fourth-order valence-electron chi connectivity index (χ4n) is 5.06. The van der Waals surface area contributed by atoms with E-state index in [2.05, 4.69) is 26.2 Å². The number of rotatable bonds is 6. The van der Waals surface area contributed by atoms with E-state index in [-0.39, 0.29) is 12.1 Å². The highest BCUT2D eigenvalue weighted by molar-refractivity contribution is 7.89. The molecule has 4 nitrogen and oxygen atoms in total. The highest BCUT2D eigenvalue weighted by Crippen LogP contribution is 2.34. The highest BCUT2D eigenvalue weighted by atomic mass is 32.2. The summed E-state index contributed by atoms with van der Waals surface area (Å²) in [4.78, 5) is 0.425. The Morgan fingerprint density at radius 1 is 0.929 bits per heavy atom. The van der Waals surface area contributed by atoms with Crippen molar-refractivity contribution in [2.45, 2.75) is 101 Å². The summed E-state index contributed by atoms with van der Waals surface area (Å²) in [5, 5.41) is 3.81. The fourth-order valence-corrected chi connectivity index (χ4v) is 7.44. The number of benzene rings is 1. The lowest BCUT2D eigenvalue weighted by molar-refractivity contribution is 0.259. The van der Waals surface area contributed by atoms with Crippen molar-refractivity contribution in [2.24, 2.45) is 5.92 Å². The highest BCUT2D eigenvalue weighted by Gasteiger charge is 2.34. The first-order valence-electron chi connectivity index (χ1n) is 10.8. The summed E-state index contributed by atoms with van der Waals surface area (Å²) in [5.74, 6) is 0.672. The minimum Gasteiger partial charge on any atom is -0.310 e. The average Bonchev–Trinajstić information content (AvgIpc) is 3.05. The van der Waals surface area contributed by atoms with Crippen LogP contribution in [-0.2, 0) is 10.0 Å². The lowest BCUT2D eigenvalue weighted by atomic mass is 9.89. The number of sulfonamides is 1. The molecule has 2 N–H and O–H groups in total.